The second kappa shape index (κ2) is 7.60. The van der Waals surface area contributed by atoms with Gasteiger partial charge in [0.2, 0.25) is 0 Å². The van der Waals surface area contributed by atoms with Gasteiger partial charge in [0.25, 0.3) is 6.01 Å². The molecule has 0 aliphatic carbocycles. The molecule has 1 aliphatic rings. The number of nitrogens with zero attached hydrogens (tertiary/aromatic N) is 2. The van der Waals surface area contributed by atoms with Gasteiger partial charge >= 0.3 is 5.97 Å². The van der Waals surface area contributed by atoms with E-state index in [0.29, 0.717) is 12.6 Å². The molecule has 0 saturated carbocycles. The Morgan fingerprint density at radius 2 is 1.81 bits per heavy atom. The minimum atomic E-state index is -0.0850. The topological polar surface area (TPSA) is 55.6 Å². The zero-order valence-electron chi connectivity index (χ0n) is 14.6. The summed E-state index contributed by atoms with van der Waals surface area (Å²) in [6.07, 6.45) is 2.29. The van der Waals surface area contributed by atoms with Gasteiger partial charge in [-0.3, -0.25) is 4.79 Å². The van der Waals surface area contributed by atoms with Crippen molar-refractivity contribution in [2.24, 2.45) is 5.92 Å². The molecule has 26 heavy (non-hydrogen) atoms. The fraction of sp³-hybridized carbons (Fsp3) is 0.333. The van der Waals surface area contributed by atoms with Gasteiger partial charge in [-0.05, 0) is 30.5 Å². The van der Waals surface area contributed by atoms with Crippen LogP contribution < -0.4 is 4.90 Å². The fourth-order valence-electron chi connectivity index (χ4n) is 3.33. The van der Waals surface area contributed by atoms with Gasteiger partial charge in [-0.1, -0.05) is 42.5 Å². The molecule has 1 aromatic heterocycles. The van der Waals surface area contributed by atoms with Gasteiger partial charge in [-0.2, -0.15) is 4.98 Å². The highest BCUT2D eigenvalue weighted by atomic mass is 16.5. The number of fused-ring (bicyclic) bond motifs is 1. The summed E-state index contributed by atoms with van der Waals surface area (Å²) in [6.45, 7) is 1.95. The normalized spacial score (nSPS) is 15.3. The summed E-state index contributed by atoms with van der Waals surface area (Å²) in [4.78, 5) is 18.9. The van der Waals surface area contributed by atoms with Crippen LogP contribution in [0.2, 0.25) is 0 Å². The maximum absolute atomic E-state index is 12.3. The molecule has 0 N–H and O–H groups in total. The molecule has 3 aromatic rings. The number of oxazole rings is 1. The number of carbonyl (C=O) groups is 1. The van der Waals surface area contributed by atoms with Gasteiger partial charge < -0.3 is 14.1 Å². The summed E-state index contributed by atoms with van der Waals surface area (Å²) in [7, 11) is 0. The number of esters is 1. The Morgan fingerprint density at radius 1 is 1.08 bits per heavy atom. The molecule has 1 aliphatic heterocycles. The van der Waals surface area contributed by atoms with Crippen molar-refractivity contribution in [2.75, 3.05) is 24.6 Å². The number of benzene rings is 2. The Balaban J connectivity index is 1.27. The molecule has 0 spiro atoms. The predicted molar refractivity (Wildman–Crippen MR) is 100 cm³/mol. The van der Waals surface area contributed by atoms with E-state index in [1.807, 2.05) is 54.6 Å². The summed E-state index contributed by atoms with van der Waals surface area (Å²) in [5.41, 5.74) is 2.85. The Kier molecular flexibility index (Phi) is 4.86. The van der Waals surface area contributed by atoms with Crippen molar-refractivity contribution in [1.29, 1.82) is 0 Å². The number of rotatable bonds is 5. The first-order valence-electron chi connectivity index (χ1n) is 9.11. The minimum Gasteiger partial charge on any atom is -0.465 e. The van der Waals surface area contributed by atoms with Crippen molar-refractivity contribution >= 4 is 23.1 Å². The van der Waals surface area contributed by atoms with E-state index in [2.05, 4.69) is 9.88 Å². The number of ether oxygens (including phenoxy) is 1. The number of hydrogen-bond donors (Lipinski definition) is 0. The molecule has 5 nitrogen and oxygen atoms in total. The maximum atomic E-state index is 12.3. The summed E-state index contributed by atoms with van der Waals surface area (Å²) in [5, 5.41) is 0. The van der Waals surface area contributed by atoms with Gasteiger partial charge in [0, 0.05) is 19.5 Å². The zero-order chi connectivity index (χ0) is 17.8. The summed E-state index contributed by atoms with van der Waals surface area (Å²) in [6, 6.07) is 18.5. The molecule has 5 heteroatoms. The van der Waals surface area contributed by atoms with E-state index in [9.17, 15) is 4.79 Å². The molecule has 4 rings (SSSR count). The number of hydrogen-bond acceptors (Lipinski definition) is 5. The first-order valence-corrected chi connectivity index (χ1v) is 9.11. The third-order valence-electron chi connectivity index (χ3n) is 4.86. The van der Waals surface area contributed by atoms with E-state index >= 15 is 0 Å². The van der Waals surface area contributed by atoms with Crippen LogP contribution in [-0.4, -0.2) is 30.6 Å². The van der Waals surface area contributed by atoms with E-state index in [4.69, 9.17) is 9.15 Å². The molecule has 2 heterocycles. The Morgan fingerprint density at radius 3 is 2.58 bits per heavy atom. The van der Waals surface area contributed by atoms with Crippen molar-refractivity contribution in [1.82, 2.24) is 4.98 Å². The van der Waals surface area contributed by atoms with E-state index in [1.165, 1.54) is 5.56 Å². The lowest BCUT2D eigenvalue weighted by Gasteiger charge is -2.29. The average molecular weight is 350 g/mol. The van der Waals surface area contributed by atoms with Gasteiger partial charge in [0.05, 0.1) is 12.5 Å². The number of anilines is 1. The van der Waals surface area contributed by atoms with Crippen molar-refractivity contribution in [3.8, 4) is 0 Å². The van der Waals surface area contributed by atoms with Crippen molar-refractivity contribution < 1.29 is 13.9 Å². The summed E-state index contributed by atoms with van der Waals surface area (Å²) in [5.74, 6) is -0.121. The second-order valence-electron chi connectivity index (χ2n) is 6.63. The Hall–Kier alpha value is -2.82. The number of aromatic nitrogens is 1. The molecular formula is C21H22N2O3. The van der Waals surface area contributed by atoms with Crippen LogP contribution in [0.15, 0.2) is 59.0 Å². The van der Waals surface area contributed by atoms with Crippen LogP contribution >= 0.6 is 0 Å². The highest BCUT2D eigenvalue weighted by Crippen LogP contribution is 2.26. The first-order chi connectivity index (χ1) is 12.8. The second-order valence-corrected chi connectivity index (χ2v) is 6.63. The van der Waals surface area contributed by atoms with Gasteiger partial charge in [0.1, 0.15) is 5.52 Å². The SMILES string of the molecule is O=C(OCCc1ccccc1)C1CCN(c2nc3ccccc3o2)CC1. The Bertz CT molecular complexity index is 834. The van der Waals surface area contributed by atoms with Crippen LogP contribution in [0.4, 0.5) is 6.01 Å². The average Bonchev–Trinajstić information content (AvgIpc) is 3.13. The molecule has 1 saturated heterocycles. The molecule has 0 bridgehead atoms. The van der Waals surface area contributed by atoms with Crippen LogP contribution in [0.25, 0.3) is 11.1 Å². The lowest BCUT2D eigenvalue weighted by molar-refractivity contribution is -0.149. The smallest absolute Gasteiger partial charge is 0.309 e. The van der Waals surface area contributed by atoms with Crippen LogP contribution in [0, 0.1) is 5.92 Å². The lowest BCUT2D eigenvalue weighted by Crippen LogP contribution is -2.37. The molecule has 134 valence electrons. The lowest BCUT2D eigenvalue weighted by atomic mass is 9.97. The third-order valence-corrected chi connectivity index (χ3v) is 4.86. The molecule has 0 radical (unpaired) electrons. The largest absolute Gasteiger partial charge is 0.465 e. The molecule has 0 unspecified atom stereocenters. The minimum absolute atomic E-state index is 0.0357. The zero-order valence-corrected chi connectivity index (χ0v) is 14.6. The van der Waals surface area contributed by atoms with E-state index in [0.717, 1.165) is 43.5 Å². The molecule has 1 fully saturated rings. The van der Waals surface area contributed by atoms with E-state index in [1.54, 1.807) is 0 Å². The number of carbonyl (C=O) groups excluding carboxylic acids is 1. The van der Waals surface area contributed by atoms with Crippen LogP contribution in [0.1, 0.15) is 18.4 Å². The van der Waals surface area contributed by atoms with Gasteiger partial charge in [-0.15, -0.1) is 0 Å². The van der Waals surface area contributed by atoms with E-state index < -0.39 is 0 Å². The van der Waals surface area contributed by atoms with Gasteiger partial charge in [-0.25, -0.2) is 0 Å². The van der Waals surface area contributed by atoms with Crippen molar-refractivity contribution in [3.05, 3.63) is 60.2 Å². The van der Waals surface area contributed by atoms with Crippen LogP contribution in [0.5, 0.6) is 0 Å². The molecule has 0 amide bonds. The standard InChI is InChI=1S/C21H22N2O3/c24-20(25-15-12-16-6-2-1-3-7-16)17-10-13-23(14-11-17)21-22-18-8-4-5-9-19(18)26-21/h1-9,17H,10-15H2. The van der Waals surface area contributed by atoms with Crippen molar-refractivity contribution in [2.45, 2.75) is 19.3 Å². The molecule has 0 atom stereocenters. The number of piperidine rings is 1. The molecule has 2 aromatic carbocycles. The monoisotopic (exact) mass is 350 g/mol. The fourth-order valence-corrected chi connectivity index (χ4v) is 3.33. The number of para-hydroxylation sites is 2. The predicted octanol–water partition coefficient (Wildman–Crippen LogP) is 3.83. The molecular weight excluding hydrogens is 328 g/mol. The highest BCUT2D eigenvalue weighted by Gasteiger charge is 2.28. The van der Waals surface area contributed by atoms with Gasteiger partial charge in [0.15, 0.2) is 5.58 Å². The van der Waals surface area contributed by atoms with E-state index in [-0.39, 0.29) is 11.9 Å². The highest BCUT2D eigenvalue weighted by molar-refractivity contribution is 5.75. The third kappa shape index (κ3) is 3.72. The quantitative estimate of drug-likeness (QED) is 0.655. The van der Waals surface area contributed by atoms with Crippen LogP contribution in [-0.2, 0) is 16.0 Å². The first kappa shape index (κ1) is 16.6. The Labute approximate surface area is 152 Å². The van der Waals surface area contributed by atoms with Crippen LogP contribution in [0.3, 0.4) is 0 Å². The summed E-state index contributed by atoms with van der Waals surface area (Å²) >= 11 is 0. The van der Waals surface area contributed by atoms with Crippen molar-refractivity contribution in [3.63, 3.8) is 0 Å². The summed E-state index contributed by atoms with van der Waals surface area (Å²) < 4.78 is 11.3. The maximum Gasteiger partial charge on any atom is 0.309 e.